The van der Waals surface area contributed by atoms with Crippen LogP contribution in [0.1, 0.15) is 64.4 Å². The van der Waals surface area contributed by atoms with Crippen molar-refractivity contribution in [3.63, 3.8) is 0 Å². The van der Waals surface area contributed by atoms with E-state index in [0.29, 0.717) is 30.5 Å². The van der Waals surface area contributed by atoms with Gasteiger partial charge >= 0.3 is 0 Å². The zero-order valence-electron chi connectivity index (χ0n) is 17.0. The van der Waals surface area contributed by atoms with Crippen LogP contribution in [0.4, 0.5) is 4.39 Å². The summed E-state index contributed by atoms with van der Waals surface area (Å²) in [6.45, 7) is 9.48. The third-order valence-electron chi connectivity index (χ3n) is 7.00. The van der Waals surface area contributed by atoms with Crippen LogP contribution in [0.5, 0.6) is 0 Å². The summed E-state index contributed by atoms with van der Waals surface area (Å²) in [4.78, 5) is 5.27. The van der Waals surface area contributed by atoms with Gasteiger partial charge in [-0.1, -0.05) is 38.5 Å². The summed E-state index contributed by atoms with van der Waals surface area (Å²) < 4.78 is 14.3. The fourth-order valence-corrected chi connectivity index (χ4v) is 5.90. The molecule has 1 N–H and O–H groups in total. The van der Waals surface area contributed by atoms with E-state index in [9.17, 15) is 9.50 Å². The highest BCUT2D eigenvalue weighted by atomic mass is 19.1. The maximum atomic E-state index is 14.3. The molecule has 0 saturated carbocycles. The molecule has 0 radical (unpaired) electrons. The number of halogens is 1. The van der Waals surface area contributed by atoms with E-state index < -0.39 is 5.60 Å². The Labute approximate surface area is 163 Å². The van der Waals surface area contributed by atoms with Crippen LogP contribution in [0.15, 0.2) is 24.3 Å². The monoisotopic (exact) mass is 374 g/mol. The van der Waals surface area contributed by atoms with Gasteiger partial charge in [-0.05, 0) is 63.1 Å². The molecule has 3 nitrogen and oxygen atoms in total. The highest BCUT2D eigenvalue weighted by Crippen LogP contribution is 2.47. The molecule has 3 aliphatic rings. The molecule has 4 rings (SSSR count). The number of fused-ring (bicyclic) bond motifs is 2. The summed E-state index contributed by atoms with van der Waals surface area (Å²) in [5.41, 5.74) is -0.273. The van der Waals surface area contributed by atoms with Crippen molar-refractivity contribution in [3.8, 4) is 0 Å². The van der Waals surface area contributed by atoms with Gasteiger partial charge in [-0.3, -0.25) is 4.90 Å². The van der Waals surface area contributed by atoms with Gasteiger partial charge in [-0.25, -0.2) is 4.39 Å². The van der Waals surface area contributed by atoms with Crippen LogP contribution >= 0.6 is 0 Å². The van der Waals surface area contributed by atoms with Crippen molar-refractivity contribution in [2.24, 2.45) is 5.41 Å². The molecule has 3 saturated heterocycles. The van der Waals surface area contributed by atoms with Gasteiger partial charge < -0.3 is 10.0 Å². The van der Waals surface area contributed by atoms with E-state index in [2.05, 4.69) is 23.6 Å². The Balaban J connectivity index is 1.44. The van der Waals surface area contributed by atoms with Crippen LogP contribution in [0.2, 0.25) is 0 Å². The van der Waals surface area contributed by atoms with Crippen molar-refractivity contribution in [3.05, 3.63) is 35.6 Å². The molecule has 3 heterocycles. The molecule has 0 aliphatic carbocycles. The third-order valence-corrected chi connectivity index (χ3v) is 7.00. The SMILES string of the molecule is CC(C)(CN1CCCCC1)CN1[C@H]2CC[C@H]1CC(O)(c1ccccc1F)C2. The Bertz CT molecular complexity index is 642. The quantitative estimate of drug-likeness (QED) is 0.839. The third kappa shape index (κ3) is 4.08. The van der Waals surface area contributed by atoms with E-state index in [-0.39, 0.29) is 11.2 Å². The highest BCUT2D eigenvalue weighted by Gasteiger charge is 2.50. The first-order valence-electron chi connectivity index (χ1n) is 10.8. The molecular formula is C23H35FN2O. The Kier molecular flexibility index (Phi) is 5.34. The molecule has 0 aromatic heterocycles. The minimum Gasteiger partial charge on any atom is -0.385 e. The van der Waals surface area contributed by atoms with Crippen molar-refractivity contribution >= 4 is 0 Å². The van der Waals surface area contributed by atoms with Crippen LogP contribution in [-0.2, 0) is 5.60 Å². The number of likely N-dealkylation sites (tertiary alicyclic amines) is 1. The molecule has 1 aromatic rings. The van der Waals surface area contributed by atoms with Crippen molar-refractivity contribution in [2.75, 3.05) is 26.2 Å². The fraction of sp³-hybridized carbons (Fsp3) is 0.739. The van der Waals surface area contributed by atoms with Crippen LogP contribution in [-0.4, -0.2) is 53.2 Å². The smallest absolute Gasteiger partial charge is 0.129 e. The first-order valence-corrected chi connectivity index (χ1v) is 10.8. The lowest BCUT2D eigenvalue weighted by Crippen LogP contribution is -2.54. The van der Waals surface area contributed by atoms with Crippen molar-refractivity contribution in [1.82, 2.24) is 9.80 Å². The second kappa shape index (κ2) is 7.46. The van der Waals surface area contributed by atoms with Gasteiger partial charge in [0.1, 0.15) is 5.82 Å². The highest BCUT2D eigenvalue weighted by molar-refractivity contribution is 5.26. The number of benzene rings is 1. The van der Waals surface area contributed by atoms with E-state index in [4.69, 9.17) is 0 Å². The molecule has 150 valence electrons. The lowest BCUT2D eigenvalue weighted by molar-refractivity contribution is -0.0691. The maximum absolute atomic E-state index is 14.3. The standard InChI is InChI=1S/C23H35FN2O/c1-22(2,16-25-12-6-3-7-13-25)17-26-18-10-11-19(26)15-23(27,14-18)20-8-4-5-9-21(20)24/h4-5,8-9,18-19,27H,3,6-7,10-17H2,1-2H3/t18-,19-/m0/s1. The number of nitrogens with zero attached hydrogens (tertiary/aromatic N) is 2. The molecule has 0 amide bonds. The van der Waals surface area contributed by atoms with Crippen molar-refractivity contribution < 1.29 is 9.50 Å². The Morgan fingerprint density at radius 3 is 2.30 bits per heavy atom. The predicted molar refractivity (Wildman–Crippen MR) is 107 cm³/mol. The van der Waals surface area contributed by atoms with Gasteiger partial charge in [0.05, 0.1) is 5.60 Å². The zero-order chi connectivity index (χ0) is 19.1. The van der Waals surface area contributed by atoms with Gasteiger partial charge in [-0.15, -0.1) is 0 Å². The molecule has 4 heteroatoms. The minimum atomic E-state index is -1.01. The van der Waals surface area contributed by atoms with Crippen LogP contribution < -0.4 is 0 Å². The summed E-state index contributed by atoms with van der Waals surface area (Å²) >= 11 is 0. The van der Waals surface area contributed by atoms with Gasteiger partial charge in [0.15, 0.2) is 0 Å². The van der Waals surface area contributed by atoms with E-state index in [1.807, 2.05) is 6.07 Å². The molecule has 0 spiro atoms. The molecule has 3 fully saturated rings. The summed E-state index contributed by atoms with van der Waals surface area (Å²) in [5.74, 6) is -0.265. The molecule has 1 aromatic carbocycles. The van der Waals surface area contributed by atoms with Gasteiger partial charge in [0.25, 0.3) is 0 Å². The summed E-state index contributed by atoms with van der Waals surface area (Å²) in [6.07, 6.45) is 7.61. The molecule has 3 aliphatic heterocycles. The van der Waals surface area contributed by atoms with E-state index in [0.717, 1.165) is 25.9 Å². The molecule has 0 unspecified atom stereocenters. The van der Waals surface area contributed by atoms with E-state index >= 15 is 0 Å². The topological polar surface area (TPSA) is 26.7 Å². The summed E-state index contributed by atoms with van der Waals surface area (Å²) in [5, 5.41) is 11.3. The molecule has 27 heavy (non-hydrogen) atoms. The van der Waals surface area contributed by atoms with E-state index in [1.54, 1.807) is 12.1 Å². The fourth-order valence-electron chi connectivity index (χ4n) is 5.90. The average molecular weight is 375 g/mol. The number of piperidine rings is 2. The Morgan fingerprint density at radius 2 is 1.67 bits per heavy atom. The summed E-state index contributed by atoms with van der Waals surface area (Å²) in [6, 6.07) is 7.53. The van der Waals surface area contributed by atoms with Gasteiger partial charge in [-0.2, -0.15) is 0 Å². The zero-order valence-corrected chi connectivity index (χ0v) is 17.0. The van der Waals surface area contributed by atoms with E-state index in [1.165, 1.54) is 38.4 Å². The van der Waals surface area contributed by atoms with Crippen molar-refractivity contribution in [1.29, 1.82) is 0 Å². The lowest BCUT2D eigenvalue weighted by atomic mass is 9.79. The normalized spacial score (nSPS) is 32.7. The van der Waals surface area contributed by atoms with Gasteiger partial charge in [0.2, 0.25) is 0 Å². The molecular weight excluding hydrogens is 339 g/mol. The number of hydrogen-bond acceptors (Lipinski definition) is 3. The minimum absolute atomic E-state index is 0.242. The second-order valence-corrected chi connectivity index (χ2v) is 9.98. The van der Waals surface area contributed by atoms with Crippen LogP contribution in [0, 0.1) is 11.2 Å². The largest absolute Gasteiger partial charge is 0.385 e. The number of aliphatic hydroxyl groups is 1. The molecule has 2 bridgehead atoms. The van der Waals surface area contributed by atoms with Crippen LogP contribution in [0.25, 0.3) is 0 Å². The lowest BCUT2D eigenvalue weighted by Gasteiger charge is -2.47. The first kappa shape index (κ1) is 19.4. The second-order valence-electron chi connectivity index (χ2n) is 9.98. The van der Waals surface area contributed by atoms with Gasteiger partial charge in [0, 0.05) is 30.7 Å². The first-order chi connectivity index (χ1) is 12.9. The summed E-state index contributed by atoms with van der Waals surface area (Å²) in [7, 11) is 0. The molecule has 2 atom stereocenters. The number of rotatable bonds is 5. The van der Waals surface area contributed by atoms with Crippen molar-refractivity contribution in [2.45, 2.75) is 76.5 Å². The number of hydrogen-bond donors (Lipinski definition) is 1. The average Bonchev–Trinajstić information content (AvgIpc) is 2.86. The Morgan fingerprint density at radius 1 is 1.04 bits per heavy atom. The predicted octanol–water partition coefficient (Wildman–Crippen LogP) is 4.15. The maximum Gasteiger partial charge on any atom is 0.129 e. The van der Waals surface area contributed by atoms with Crippen LogP contribution in [0.3, 0.4) is 0 Å². The Hall–Kier alpha value is -0.970.